The summed E-state index contributed by atoms with van der Waals surface area (Å²) in [5, 5.41) is 24.2. The number of rotatable bonds is 5. The van der Waals surface area contributed by atoms with E-state index in [2.05, 4.69) is 36.1 Å². The summed E-state index contributed by atoms with van der Waals surface area (Å²) >= 11 is 0. The number of alkyl carbamates (subject to hydrolysis) is 1. The van der Waals surface area contributed by atoms with Gasteiger partial charge in [0.15, 0.2) is 17.2 Å². The number of carbonyl (C=O) groups is 1. The molecule has 13 heteroatoms. The van der Waals surface area contributed by atoms with Crippen molar-refractivity contribution in [3.63, 3.8) is 0 Å². The Hall–Kier alpha value is -3.69. The van der Waals surface area contributed by atoms with Gasteiger partial charge in [0, 0.05) is 18.2 Å². The summed E-state index contributed by atoms with van der Waals surface area (Å²) in [7, 11) is 0. The number of nitrogens with one attached hydrogen (secondary N) is 3. The van der Waals surface area contributed by atoms with Crippen molar-refractivity contribution in [3.05, 3.63) is 29.8 Å². The molecule has 0 radical (unpaired) electrons. The minimum Gasteiger partial charge on any atom is -0.444 e. The molecule has 0 saturated heterocycles. The Morgan fingerprint density at radius 3 is 2.47 bits per heavy atom. The maximum Gasteiger partial charge on any atom is 0.437 e. The highest BCUT2D eigenvalue weighted by atomic mass is 19.4. The second-order valence-corrected chi connectivity index (χ2v) is 8.86. The molecule has 3 N–H and O–H groups in total. The summed E-state index contributed by atoms with van der Waals surface area (Å²) in [6.45, 7) is 5.26. The number of hydrogen-bond donors (Lipinski definition) is 3. The molecule has 1 amide bonds. The molecule has 3 rings (SSSR count). The summed E-state index contributed by atoms with van der Waals surface area (Å²) in [4.78, 5) is 19.9. The van der Waals surface area contributed by atoms with Gasteiger partial charge in [-0.3, -0.25) is 0 Å². The van der Waals surface area contributed by atoms with E-state index in [1.54, 1.807) is 20.8 Å². The Kier molecular flexibility index (Phi) is 7.38. The Labute approximate surface area is 194 Å². The van der Waals surface area contributed by atoms with Crippen LogP contribution >= 0.6 is 0 Å². The second-order valence-electron chi connectivity index (χ2n) is 8.86. The lowest BCUT2D eigenvalue weighted by Gasteiger charge is -2.32. The van der Waals surface area contributed by atoms with Gasteiger partial charge >= 0.3 is 12.3 Å². The lowest BCUT2D eigenvalue weighted by atomic mass is 9.91. The van der Waals surface area contributed by atoms with Crippen molar-refractivity contribution in [1.82, 2.24) is 25.5 Å². The number of nitrogens with zero attached hydrogens (tertiary/aromatic N) is 5. The van der Waals surface area contributed by atoms with E-state index in [4.69, 9.17) is 10.00 Å². The lowest BCUT2D eigenvalue weighted by molar-refractivity contribution is -0.141. The fourth-order valence-electron chi connectivity index (χ4n) is 3.50. The second kappa shape index (κ2) is 10.1. The lowest BCUT2D eigenvalue weighted by Crippen LogP contribution is -2.44. The number of anilines is 3. The number of aromatic nitrogens is 4. The summed E-state index contributed by atoms with van der Waals surface area (Å²) in [6.07, 6.45) is -0.344. The largest absolute Gasteiger partial charge is 0.444 e. The van der Waals surface area contributed by atoms with Gasteiger partial charge in [0.05, 0.1) is 18.1 Å². The van der Waals surface area contributed by atoms with Crippen molar-refractivity contribution in [2.75, 3.05) is 10.6 Å². The maximum absolute atomic E-state index is 13.6. The van der Waals surface area contributed by atoms with E-state index in [9.17, 15) is 18.0 Å². The molecule has 1 aliphatic carbocycles. The molecule has 10 nitrogen and oxygen atoms in total. The number of alkyl halides is 3. The average molecular weight is 478 g/mol. The molecule has 182 valence electrons. The van der Waals surface area contributed by atoms with Crippen LogP contribution in [0.1, 0.15) is 57.8 Å². The van der Waals surface area contributed by atoms with E-state index in [1.807, 2.05) is 6.07 Å². The zero-order valence-electron chi connectivity index (χ0n) is 18.9. The van der Waals surface area contributed by atoms with Crippen molar-refractivity contribution in [2.24, 2.45) is 0 Å². The molecule has 0 aromatic carbocycles. The van der Waals surface area contributed by atoms with Gasteiger partial charge < -0.3 is 20.7 Å². The Bertz CT molecular complexity index is 1050. The van der Waals surface area contributed by atoms with Gasteiger partial charge in [-0.05, 0) is 46.5 Å². The van der Waals surface area contributed by atoms with E-state index in [0.717, 1.165) is 0 Å². The van der Waals surface area contributed by atoms with Gasteiger partial charge in [-0.25, -0.2) is 14.8 Å². The minimum atomic E-state index is -4.72. The van der Waals surface area contributed by atoms with Gasteiger partial charge in [-0.2, -0.15) is 18.4 Å². The van der Waals surface area contributed by atoms with Crippen molar-refractivity contribution in [3.8, 4) is 6.07 Å². The molecule has 2 heterocycles. The third-order valence-corrected chi connectivity index (χ3v) is 4.84. The Balaban J connectivity index is 1.74. The fourth-order valence-corrected chi connectivity index (χ4v) is 3.50. The van der Waals surface area contributed by atoms with Gasteiger partial charge in [0.1, 0.15) is 17.5 Å². The molecule has 2 atom stereocenters. The molecule has 2 unspecified atom stereocenters. The van der Waals surface area contributed by atoms with Crippen LogP contribution in [0.15, 0.2) is 18.5 Å². The number of nitriles is 1. The number of hydrogen-bond acceptors (Lipinski definition) is 9. The van der Waals surface area contributed by atoms with E-state index < -0.39 is 23.6 Å². The summed E-state index contributed by atoms with van der Waals surface area (Å²) in [5.74, 6) is 0.215. The van der Waals surface area contributed by atoms with Crippen LogP contribution in [-0.2, 0) is 10.9 Å². The molecule has 2 aromatic heterocycles. The van der Waals surface area contributed by atoms with E-state index in [0.29, 0.717) is 25.7 Å². The van der Waals surface area contributed by atoms with Crippen LogP contribution in [0, 0.1) is 11.3 Å². The van der Waals surface area contributed by atoms with Crippen molar-refractivity contribution in [1.29, 1.82) is 5.26 Å². The summed E-state index contributed by atoms with van der Waals surface area (Å²) in [5.41, 5.74) is -1.94. The first-order valence-electron chi connectivity index (χ1n) is 10.6. The monoisotopic (exact) mass is 478 g/mol. The smallest absolute Gasteiger partial charge is 0.437 e. The summed E-state index contributed by atoms with van der Waals surface area (Å²) < 4.78 is 46.0. The van der Waals surface area contributed by atoms with Crippen molar-refractivity contribution >= 4 is 23.4 Å². The zero-order chi connectivity index (χ0) is 24.9. The summed E-state index contributed by atoms with van der Waals surface area (Å²) in [6, 6.07) is 2.45. The highest BCUT2D eigenvalue weighted by Crippen LogP contribution is 2.35. The molecular weight excluding hydrogens is 453 g/mol. The highest BCUT2D eigenvalue weighted by molar-refractivity contribution is 5.68. The first kappa shape index (κ1) is 24.9. The standard InChI is InChI=1S/C21H25F3N8O2/c1-20(2,3)34-19(33)29-13-6-4-5-12(7-13)28-15-8-16(31-32-18(15)21(22,23)24)30-17-11-26-14(9-25)10-27-17/h8,10-13H,4-7H2,1-3H3,(H,29,33)(H2,27,28,30,31). The number of amides is 1. The molecule has 1 fully saturated rings. The Morgan fingerprint density at radius 2 is 1.85 bits per heavy atom. The predicted molar refractivity (Wildman–Crippen MR) is 116 cm³/mol. The molecule has 1 saturated carbocycles. The molecular formula is C21H25F3N8O2. The van der Waals surface area contributed by atoms with Crippen molar-refractivity contribution < 1.29 is 22.7 Å². The molecule has 2 aromatic rings. The first-order chi connectivity index (χ1) is 15.9. The molecule has 0 aliphatic heterocycles. The van der Waals surface area contributed by atoms with Gasteiger partial charge in [0.2, 0.25) is 0 Å². The van der Waals surface area contributed by atoms with Gasteiger partial charge in [-0.1, -0.05) is 0 Å². The Morgan fingerprint density at radius 1 is 1.12 bits per heavy atom. The highest BCUT2D eigenvalue weighted by Gasteiger charge is 2.37. The van der Waals surface area contributed by atoms with Crippen LogP contribution in [0.2, 0.25) is 0 Å². The number of halogens is 3. The van der Waals surface area contributed by atoms with E-state index in [1.165, 1.54) is 18.5 Å². The topological polar surface area (TPSA) is 138 Å². The van der Waals surface area contributed by atoms with Crippen LogP contribution in [0.25, 0.3) is 0 Å². The average Bonchev–Trinajstić information content (AvgIpc) is 2.72. The molecule has 1 aliphatic rings. The SMILES string of the molecule is CC(C)(C)OC(=O)NC1CCCC(Nc2cc(Nc3cnc(C#N)cn3)nnc2C(F)(F)F)C1. The van der Waals surface area contributed by atoms with Crippen LogP contribution in [0.4, 0.5) is 35.3 Å². The fraction of sp³-hybridized carbons (Fsp3) is 0.524. The van der Waals surface area contributed by atoms with Crippen LogP contribution in [-0.4, -0.2) is 43.9 Å². The normalized spacial score (nSPS) is 18.5. The van der Waals surface area contributed by atoms with E-state index >= 15 is 0 Å². The molecule has 34 heavy (non-hydrogen) atoms. The molecule has 0 spiro atoms. The van der Waals surface area contributed by atoms with Gasteiger partial charge in [-0.15, -0.1) is 10.2 Å². The third-order valence-electron chi connectivity index (χ3n) is 4.84. The predicted octanol–water partition coefficient (Wildman–Crippen LogP) is 4.15. The number of carbonyl (C=O) groups excluding carboxylic acids is 1. The maximum atomic E-state index is 13.6. The van der Waals surface area contributed by atoms with Crippen LogP contribution in [0.5, 0.6) is 0 Å². The van der Waals surface area contributed by atoms with Crippen LogP contribution < -0.4 is 16.0 Å². The quantitative estimate of drug-likeness (QED) is 0.578. The molecule has 0 bridgehead atoms. The zero-order valence-corrected chi connectivity index (χ0v) is 18.9. The van der Waals surface area contributed by atoms with Crippen molar-refractivity contribution in [2.45, 2.75) is 70.3 Å². The number of ether oxygens (including phenoxy) is 1. The minimum absolute atomic E-state index is 0.0220. The van der Waals surface area contributed by atoms with Gasteiger partial charge in [0.25, 0.3) is 0 Å². The van der Waals surface area contributed by atoms with E-state index in [-0.39, 0.29) is 35.1 Å². The van der Waals surface area contributed by atoms with Crippen LogP contribution in [0.3, 0.4) is 0 Å². The first-order valence-corrected chi connectivity index (χ1v) is 10.6. The third kappa shape index (κ3) is 7.16.